The van der Waals surface area contributed by atoms with E-state index in [1.54, 1.807) is 0 Å². The number of halogens is 3. The number of nitro groups is 1. The number of benzene rings is 2. The molecule has 0 aliphatic heterocycles. The van der Waals surface area contributed by atoms with Crippen LogP contribution in [0, 0.1) is 21.7 Å². The van der Waals surface area contributed by atoms with Crippen LogP contribution in [0.2, 0.25) is 5.02 Å². The highest BCUT2D eigenvalue weighted by Crippen LogP contribution is 2.36. The summed E-state index contributed by atoms with van der Waals surface area (Å²) < 4.78 is 26.0. The van der Waals surface area contributed by atoms with Gasteiger partial charge in [0.25, 0.3) is 5.69 Å². The molecule has 0 aliphatic carbocycles. The quantitative estimate of drug-likeness (QED) is 0.606. The van der Waals surface area contributed by atoms with E-state index in [0.29, 0.717) is 0 Å². The molecule has 0 fully saturated rings. The van der Waals surface area contributed by atoms with E-state index in [1.807, 2.05) is 0 Å². The molecule has 2 aromatic carbocycles. The molecular weight excluding hydrogens is 264 g/mol. The fourth-order valence-corrected chi connectivity index (χ4v) is 1.88. The average Bonchev–Trinajstić information content (AvgIpc) is 2.32. The molecule has 2 aromatic rings. The van der Waals surface area contributed by atoms with Crippen LogP contribution in [0.5, 0.6) is 0 Å². The van der Waals surface area contributed by atoms with Crippen LogP contribution in [0.3, 0.4) is 0 Å². The fraction of sp³-hybridized carbons (Fsp3) is 0. The predicted octanol–water partition coefficient (Wildman–Crippen LogP) is 4.19. The van der Waals surface area contributed by atoms with E-state index in [2.05, 4.69) is 0 Å². The van der Waals surface area contributed by atoms with Gasteiger partial charge in [-0.25, -0.2) is 8.78 Å². The standard InChI is InChI=1S/C12H6ClF2NO2/c13-8-2-1-3-11(16(17)18)12(8)7-4-5-9(14)10(15)6-7/h1-6H. The SMILES string of the molecule is O=[N+]([O-])c1cccc(Cl)c1-c1ccc(F)c(F)c1. The lowest BCUT2D eigenvalue weighted by Crippen LogP contribution is -1.94. The van der Waals surface area contributed by atoms with Crippen molar-refractivity contribution in [2.24, 2.45) is 0 Å². The zero-order valence-electron chi connectivity index (χ0n) is 8.86. The van der Waals surface area contributed by atoms with E-state index in [9.17, 15) is 18.9 Å². The fourth-order valence-electron chi connectivity index (χ4n) is 1.60. The Kier molecular flexibility index (Phi) is 3.25. The molecule has 6 heteroatoms. The van der Waals surface area contributed by atoms with Gasteiger partial charge in [0, 0.05) is 6.07 Å². The van der Waals surface area contributed by atoms with E-state index in [0.717, 1.165) is 12.1 Å². The Labute approximate surface area is 106 Å². The third-order valence-corrected chi connectivity index (χ3v) is 2.71. The normalized spacial score (nSPS) is 10.4. The Bertz CT molecular complexity index is 631. The predicted molar refractivity (Wildman–Crippen MR) is 63.5 cm³/mol. The maximum Gasteiger partial charge on any atom is 0.278 e. The van der Waals surface area contributed by atoms with Crippen LogP contribution in [0.1, 0.15) is 0 Å². The van der Waals surface area contributed by atoms with E-state index in [4.69, 9.17) is 11.6 Å². The minimum absolute atomic E-state index is 0.0723. The first-order valence-electron chi connectivity index (χ1n) is 4.89. The summed E-state index contributed by atoms with van der Waals surface area (Å²) in [6, 6.07) is 7.14. The van der Waals surface area contributed by atoms with Crippen LogP contribution >= 0.6 is 11.6 Å². The number of nitrogens with zero attached hydrogens (tertiary/aromatic N) is 1. The monoisotopic (exact) mass is 269 g/mol. The Morgan fingerprint density at radius 2 is 1.83 bits per heavy atom. The molecule has 0 aliphatic rings. The molecule has 0 bridgehead atoms. The van der Waals surface area contributed by atoms with Crippen molar-refractivity contribution in [1.82, 2.24) is 0 Å². The van der Waals surface area contributed by atoms with Crippen molar-refractivity contribution in [3.8, 4) is 11.1 Å². The molecule has 0 heterocycles. The Balaban J connectivity index is 2.69. The van der Waals surface area contributed by atoms with Gasteiger partial charge >= 0.3 is 0 Å². The third-order valence-electron chi connectivity index (χ3n) is 2.40. The van der Waals surface area contributed by atoms with E-state index < -0.39 is 16.6 Å². The zero-order valence-corrected chi connectivity index (χ0v) is 9.62. The zero-order chi connectivity index (χ0) is 13.3. The van der Waals surface area contributed by atoms with Crippen LogP contribution < -0.4 is 0 Å². The first-order valence-corrected chi connectivity index (χ1v) is 5.27. The maximum atomic E-state index is 13.1. The molecule has 0 N–H and O–H groups in total. The van der Waals surface area contributed by atoms with Gasteiger partial charge in [-0.3, -0.25) is 10.1 Å². The molecule has 0 amide bonds. The molecule has 2 rings (SSSR count). The minimum atomic E-state index is -1.08. The molecule has 0 saturated carbocycles. The van der Waals surface area contributed by atoms with Crippen molar-refractivity contribution in [1.29, 1.82) is 0 Å². The highest BCUT2D eigenvalue weighted by molar-refractivity contribution is 6.33. The van der Waals surface area contributed by atoms with Crippen LogP contribution in [0.15, 0.2) is 36.4 Å². The lowest BCUT2D eigenvalue weighted by molar-refractivity contribution is -0.384. The summed E-state index contributed by atoms with van der Waals surface area (Å²) >= 11 is 5.88. The molecule has 18 heavy (non-hydrogen) atoms. The van der Waals surface area contributed by atoms with Crippen molar-refractivity contribution < 1.29 is 13.7 Å². The van der Waals surface area contributed by atoms with Crippen molar-refractivity contribution >= 4 is 17.3 Å². The summed E-state index contributed by atoms with van der Waals surface area (Å²) in [6.07, 6.45) is 0. The van der Waals surface area contributed by atoms with Gasteiger partial charge in [0.2, 0.25) is 0 Å². The van der Waals surface area contributed by atoms with Crippen LogP contribution in [-0.2, 0) is 0 Å². The first kappa shape index (κ1) is 12.4. The summed E-state index contributed by atoms with van der Waals surface area (Å²) in [6.45, 7) is 0. The number of hydrogen-bond acceptors (Lipinski definition) is 2. The van der Waals surface area contributed by atoms with Gasteiger partial charge in [-0.1, -0.05) is 23.7 Å². The maximum absolute atomic E-state index is 13.1. The summed E-state index contributed by atoms with van der Waals surface area (Å²) in [4.78, 5) is 10.3. The molecule has 0 spiro atoms. The van der Waals surface area contributed by atoms with Crippen LogP contribution in [-0.4, -0.2) is 4.92 Å². The van der Waals surface area contributed by atoms with Crippen molar-refractivity contribution in [2.75, 3.05) is 0 Å². The highest BCUT2D eigenvalue weighted by Gasteiger charge is 2.19. The van der Waals surface area contributed by atoms with Gasteiger partial charge in [0.05, 0.1) is 15.5 Å². The summed E-state index contributed by atoms with van der Waals surface area (Å²) in [7, 11) is 0. The molecule has 0 unspecified atom stereocenters. The lowest BCUT2D eigenvalue weighted by atomic mass is 10.0. The van der Waals surface area contributed by atoms with Crippen molar-refractivity contribution in [2.45, 2.75) is 0 Å². The van der Waals surface area contributed by atoms with Crippen LogP contribution in [0.4, 0.5) is 14.5 Å². The van der Waals surface area contributed by atoms with E-state index >= 15 is 0 Å². The Morgan fingerprint density at radius 1 is 1.11 bits per heavy atom. The van der Waals surface area contributed by atoms with Gasteiger partial charge in [-0.2, -0.15) is 0 Å². The molecule has 92 valence electrons. The van der Waals surface area contributed by atoms with Gasteiger partial charge in [0.15, 0.2) is 11.6 Å². The molecule has 0 saturated heterocycles. The van der Waals surface area contributed by atoms with Gasteiger partial charge < -0.3 is 0 Å². The molecule has 3 nitrogen and oxygen atoms in total. The van der Waals surface area contributed by atoms with E-state index in [1.165, 1.54) is 24.3 Å². The van der Waals surface area contributed by atoms with Gasteiger partial charge in [0.1, 0.15) is 0 Å². The Hall–Kier alpha value is -2.01. The smallest absolute Gasteiger partial charge is 0.258 e. The second-order valence-electron chi connectivity index (χ2n) is 3.52. The number of hydrogen-bond donors (Lipinski definition) is 0. The van der Waals surface area contributed by atoms with E-state index in [-0.39, 0.29) is 21.8 Å². The molecule has 0 aromatic heterocycles. The number of rotatable bonds is 2. The Morgan fingerprint density at radius 3 is 2.44 bits per heavy atom. The summed E-state index contributed by atoms with van der Waals surface area (Å²) in [5.41, 5.74) is -0.0252. The summed E-state index contributed by atoms with van der Waals surface area (Å²) in [5.74, 6) is -2.10. The topological polar surface area (TPSA) is 43.1 Å². The highest BCUT2D eigenvalue weighted by atomic mass is 35.5. The van der Waals surface area contributed by atoms with Gasteiger partial charge in [-0.15, -0.1) is 0 Å². The summed E-state index contributed by atoms with van der Waals surface area (Å²) in [5, 5.41) is 11.0. The second-order valence-corrected chi connectivity index (χ2v) is 3.93. The molecule has 0 atom stereocenters. The molecular formula is C12H6ClF2NO2. The van der Waals surface area contributed by atoms with Crippen molar-refractivity contribution in [3.63, 3.8) is 0 Å². The second kappa shape index (κ2) is 4.70. The lowest BCUT2D eigenvalue weighted by Gasteiger charge is -2.06. The largest absolute Gasteiger partial charge is 0.278 e. The average molecular weight is 270 g/mol. The van der Waals surface area contributed by atoms with Crippen molar-refractivity contribution in [3.05, 3.63) is 63.2 Å². The first-order chi connectivity index (χ1) is 8.50. The van der Waals surface area contributed by atoms with Crippen LogP contribution in [0.25, 0.3) is 11.1 Å². The third kappa shape index (κ3) is 2.17. The molecule has 0 radical (unpaired) electrons. The van der Waals surface area contributed by atoms with Gasteiger partial charge in [-0.05, 0) is 23.8 Å². The number of nitro benzene ring substituents is 1. The minimum Gasteiger partial charge on any atom is -0.258 e.